The van der Waals surface area contributed by atoms with Crippen LogP contribution in [0.3, 0.4) is 0 Å². The Morgan fingerprint density at radius 2 is 0.725 bits per heavy atom. The van der Waals surface area contributed by atoms with Gasteiger partial charge in [0.05, 0.1) is 5.41 Å². The SMILES string of the molecule is c1ccc(-c2nc(-c3ccc4oc5ccccc5c4c3)nc(-c3cccc4oc5ccc(-c6ccc(-c7ccc8c(c7)C7(c9ccccc9-c9ccccc97)c7ccccc7-8)cc6)cc5c34)n2)cc1. The number of benzene rings is 10. The van der Waals surface area contributed by atoms with Crippen LogP contribution < -0.4 is 0 Å². The van der Waals surface area contributed by atoms with E-state index in [1.165, 1.54) is 55.6 Å². The Bertz CT molecular complexity index is 4200. The van der Waals surface area contributed by atoms with Crippen LogP contribution in [0.5, 0.6) is 0 Å². The van der Waals surface area contributed by atoms with Crippen LogP contribution in [-0.2, 0) is 5.41 Å². The topological polar surface area (TPSA) is 65.0 Å². The number of hydrogen-bond donors (Lipinski definition) is 0. The normalized spacial score (nSPS) is 13.0. The zero-order valence-corrected chi connectivity index (χ0v) is 37.0. The van der Waals surface area contributed by atoms with Crippen LogP contribution >= 0.6 is 0 Å². The molecule has 0 amide bonds. The lowest BCUT2D eigenvalue weighted by atomic mass is 9.70. The van der Waals surface area contributed by atoms with Crippen LogP contribution in [-0.4, -0.2) is 15.0 Å². The summed E-state index contributed by atoms with van der Waals surface area (Å²) in [5, 5.41) is 4.03. The first-order chi connectivity index (χ1) is 34.2. The van der Waals surface area contributed by atoms with E-state index in [0.717, 1.165) is 71.7 Å². The van der Waals surface area contributed by atoms with E-state index in [1.807, 2.05) is 72.8 Å². The zero-order chi connectivity index (χ0) is 45.2. The Morgan fingerprint density at radius 1 is 0.261 bits per heavy atom. The molecule has 0 saturated carbocycles. The number of furan rings is 2. The van der Waals surface area contributed by atoms with Gasteiger partial charge >= 0.3 is 0 Å². The number of aromatic nitrogens is 3. The van der Waals surface area contributed by atoms with Crippen molar-refractivity contribution in [2.24, 2.45) is 0 Å². The Balaban J connectivity index is 0.833. The van der Waals surface area contributed by atoms with Crippen molar-refractivity contribution in [3.63, 3.8) is 0 Å². The summed E-state index contributed by atoms with van der Waals surface area (Å²) in [6.45, 7) is 0. The molecule has 5 heteroatoms. The third-order valence-electron chi connectivity index (χ3n) is 14.6. The van der Waals surface area contributed by atoms with Crippen LogP contribution in [0.4, 0.5) is 0 Å². The first-order valence-electron chi connectivity index (χ1n) is 23.4. The van der Waals surface area contributed by atoms with Crippen molar-refractivity contribution in [1.82, 2.24) is 15.0 Å². The van der Waals surface area contributed by atoms with Gasteiger partial charge in [-0.15, -0.1) is 0 Å². The molecule has 0 bridgehead atoms. The highest BCUT2D eigenvalue weighted by atomic mass is 16.3. The van der Waals surface area contributed by atoms with Crippen LogP contribution in [0.1, 0.15) is 22.3 Å². The fourth-order valence-electron chi connectivity index (χ4n) is 11.5. The molecule has 0 aliphatic heterocycles. The third-order valence-corrected chi connectivity index (χ3v) is 14.6. The molecule has 2 aliphatic carbocycles. The van der Waals surface area contributed by atoms with Crippen molar-refractivity contribution >= 4 is 43.9 Å². The largest absolute Gasteiger partial charge is 0.456 e. The first-order valence-corrected chi connectivity index (χ1v) is 23.4. The Labute approximate surface area is 396 Å². The number of nitrogens with zero attached hydrogens (tertiary/aromatic N) is 3. The molecule has 15 rings (SSSR count). The fourth-order valence-corrected chi connectivity index (χ4v) is 11.5. The molecule has 0 fully saturated rings. The van der Waals surface area contributed by atoms with E-state index in [9.17, 15) is 0 Å². The molecule has 2 aliphatic rings. The summed E-state index contributed by atoms with van der Waals surface area (Å²) < 4.78 is 12.7. The summed E-state index contributed by atoms with van der Waals surface area (Å²) in [6, 6.07) is 79.9. The summed E-state index contributed by atoms with van der Waals surface area (Å²) in [4.78, 5) is 15.4. The molecular formula is C64H37N3O2. The van der Waals surface area contributed by atoms with Crippen LogP contribution in [0.2, 0.25) is 0 Å². The van der Waals surface area contributed by atoms with Crippen molar-refractivity contribution in [2.75, 3.05) is 0 Å². The van der Waals surface area contributed by atoms with Gasteiger partial charge in [-0.05, 0) is 115 Å². The van der Waals surface area contributed by atoms with Gasteiger partial charge in [-0.3, -0.25) is 0 Å². The predicted octanol–water partition coefficient (Wildman–Crippen LogP) is 16.3. The van der Waals surface area contributed by atoms with Gasteiger partial charge in [0.25, 0.3) is 0 Å². The van der Waals surface area contributed by atoms with E-state index in [1.54, 1.807) is 0 Å². The van der Waals surface area contributed by atoms with Gasteiger partial charge in [0.2, 0.25) is 0 Å². The quantitative estimate of drug-likeness (QED) is 0.172. The maximum Gasteiger partial charge on any atom is 0.164 e. The van der Waals surface area contributed by atoms with E-state index in [2.05, 4.69) is 152 Å². The molecule has 0 saturated heterocycles. The van der Waals surface area contributed by atoms with Crippen molar-refractivity contribution < 1.29 is 8.83 Å². The Morgan fingerprint density at radius 3 is 1.43 bits per heavy atom. The highest BCUT2D eigenvalue weighted by Gasteiger charge is 2.51. The molecule has 3 heterocycles. The molecule has 13 aromatic rings. The first kappa shape index (κ1) is 38.0. The molecule has 0 unspecified atom stereocenters. The minimum Gasteiger partial charge on any atom is -0.456 e. The molecule has 0 atom stereocenters. The molecule has 1 spiro atoms. The van der Waals surface area contributed by atoms with Gasteiger partial charge in [0, 0.05) is 38.2 Å². The lowest BCUT2D eigenvalue weighted by Crippen LogP contribution is -2.25. The smallest absolute Gasteiger partial charge is 0.164 e. The van der Waals surface area contributed by atoms with Crippen molar-refractivity contribution in [2.45, 2.75) is 5.41 Å². The monoisotopic (exact) mass is 879 g/mol. The van der Waals surface area contributed by atoms with Crippen molar-refractivity contribution in [1.29, 1.82) is 0 Å². The second-order valence-electron chi connectivity index (χ2n) is 18.2. The van der Waals surface area contributed by atoms with Gasteiger partial charge in [0.1, 0.15) is 22.3 Å². The molecule has 0 N–H and O–H groups in total. The maximum absolute atomic E-state index is 6.55. The number of para-hydroxylation sites is 1. The molecule has 69 heavy (non-hydrogen) atoms. The summed E-state index contributed by atoms with van der Waals surface area (Å²) in [6.07, 6.45) is 0. The minimum absolute atomic E-state index is 0.382. The summed E-state index contributed by atoms with van der Waals surface area (Å²) in [7, 11) is 0. The molecule has 320 valence electrons. The van der Waals surface area contributed by atoms with Crippen molar-refractivity contribution in [3.8, 4) is 78.7 Å². The van der Waals surface area contributed by atoms with Gasteiger partial charge in [0.15, 0.2) is 17.5 Å². The summed E-state index contributed by atoms with van der Waals surface area (Å²) in [5.74, 6) is 1.75. The lowest BCUT2D eigenvalue weighted by Gasteiger charge is -2.30. The van der Waals surface area contributed by atoms with Crippen LogP contribution in [0.25, 0.3) is 123 Å². The summed E-state index contributed by atoms with van der Waals surface area (Å²) in [5.41, 5.74) is 20.7. The molecule has 10 aromatic carbocycles. The fraction of sp³-hybridized carbons (Fsp3) is 0.0156. The van der Waals surface area contributed by atoms with E-state index in [4.69, 9.17) is 23.8 Å². The zero-order valence-electron chi connectivity index (χ0n) is 37.0. The lowest BCUT2D eigenvalue weighted by molar-refractivity contribution is 0.668. The van der Waals surface area contributed by atoms with Crippen molar-refractivity contribution in [3.05, 3.63) is 247 Å². The molecular weight excluding hydrogens is 843 g/mol. The second-order valence-corrected chi connectivity index (χ2v) is 18.2. The van der Waals surface area contributed by atoms with Crippen LogP contribution in [0.15, 0.2) is 233 Å². The molecule has 0 radical (unpaired) electrons. The highest BCUT2D eigenvalue weighted by molar-refractivity contribution is 6.13. The number of rotatable bonds is 5. The third kappa shape index (κ3) is 5.50. The Kier molecular flexibility index (Phi) is 7.93. The van der Waals surface area contributed by atoms with E-state index in [0.29, 0.717) is 17.5 Å². The van der Waals surface area contributed by atoms with E-state index in [-0.39, 0.29) is 5.41 Å². The average molecular weight is 880 g/mol. The predicted molar refractivity (Wildman–Crippen MR) is 278 cm³/mol. The molecule has 3 aromatic heterocycles. The van der Waals surface area contributed by atoms with E-state index < -0.39 is 0 Å². The van der Waals surface area contributed by atoms with Gasteiger partial charge in [-0.2, -0.15) is 0 Å². The maximum atomic E-state index is 6.55. The molecule has 5 nitrogen and oxygen atoms in total. The number of fused-ring (bicyclic) bond motifs is 16. The number of hydrogen-bond acceptors (Lipinski definition) is 5. The van der Waals surface area contributed by atoms with Crippen LogP contribution in [0, 0.1) is 0 Å². The highest BCUT2D eigenvalue weighted by Crippen LogP contribution is 2.63. The standard InChI is InChI=1S/C64H37N3O2/c1-2-13-40(14-3-1)61-65-62(43-31-34-57-50(36-43)48-18-7-11-23-56(48)68-57)67-63(66-61)49-19-12-24-59-60(49)51-35-41(30-33-58(51)69-59)38-25-27-39(28-26-38)42-29-32-47-46-17-6-10-22-54(46)64(55(47)37-42)52-20-8-4-15-44(52)45-16-5-9-21-53(45)64/h1-37H. The Hall–Kier alpha value is -9.19. The average Bonchev–Trinajstić information content (AvgIpc) is 4.16. The van der Waals surface area contributed by atoms with Gasteiger partial charge < -0.3 is 8.83 Å². The second kappa shape index (κ2) is 14.4. The minimum atomic E-state index is -0.382. The van der Waals surface area contributed by atoms with Gasteiger partial charge in [-0.25, -0.2) is 15.0 Å². The van der Waals surface area contributed by atoms with E-state index >= 15 is 0 Å². The summed E-state index contributed by atoms with van der Waals surface area (Å²) >= 11 is 0. The van der Waals surface area contributed by atoms with Gasteiger partial charge in [-0.1, -0.05) is 176 Å².